The fourth-order valence-electron chi connectivity index (χ4n) is 2.58. The molecule has 1 nitrogen and oxygen atoms in total. The van der Waals surface area contributed by atoms with Crippen LogP contribution in [0.5, 0.6) is 0 Å². The highest BCUT2D eigenvalue weighted by atomic mass is 35.5. The zero-order valence-corrected chi connectivity index (χ0v) is 11.8. The first-order chi connectivity index (χ1) is 9.19. The summed E-state index contributed by atoms with van der Waals surface area (Å²) in [5.41, 5.74) is 3.63. The van der Waals surface area contributed by atoms with Crippen molar-refractivity contribution in [1.82, 2.24) is 4.98 Å². The number of allylic oxidation sites excluding steroid dienone is 2. The molecule has 0 bridgehead atoms. The van der Waals surface area contributed by atoms with Crippen LogP contribution in [0.25, 0.3) is 21.8 Å². The van der Waals surface area contributed by atoms with Crippen LogP contribution < -0.4 is 0 Å². The fraction of sp³-hybridized carbons (Fsp3) is 0.176. The highest BCUT2D eigenvalue weighted by Gasteiger charge is 2.07. The number of nitrogens with one attached hydrogen (secondary N) is 1. The van der Waals surface area contributed by atoms with Gasteiger partial charge in [-0.05, 0) is 42.7 Å². The average molecular weight is 270 g/mol. The second-order valence-electron chi connectivity index (χ2n) is 4.93. The molecule has 0 aliphatic heterocycles. The number of fused-ring (bicyclic) bond motifs is 3. The van der Waals surface area contributed by atoms with Gasteiger partial charge in [-0.2, -0.15) is 0 Å². The Morgan fingerprint density at radius 2 is 1.89 bits per heavy atom. The van der Waals surface area contributed by atoms with E-state index < -0.39 is 0 Å². The quantitative estimate of drug-likeness (QED) is 0.578. The third kappa shape index (κ3) is 2.15. The second-order valence-corrected chi connectivity index (χ2v) is 5.37. The fourth-order valence-corrected chi connectivity index (χ4v) is 2.75. The van der Waals surface area contributed by atoms with Gasteiger partial charge in [-0.15, -0.1) is 0 Å². The topological polar surface area (TPSA) is 15.8 Å². The summed E-state index contributed by atoms with van der Waals surface area (Å²) < 4.78 is 0. The summed E-state index contributed by atoms with van der Waals surface area (Å²) in [5.74, 6) is 0.435. The van der Waals surface area contributed by atoms with Crippen LogP contribution in [-0.2, 0) is 0 Å². The lowest BCUT2D eigenvalue weighted by molar-refractivity contribution is 0.967. The van der Waals surface area contributed by atoms with Gasteiger partial charge in [0.05, 0.1) is 0 Å². The van der Waals surface area contributed by atoms with Crippen LogP contribution in [0.15, 0.2) is 48.6 Å². The van der Waals surface area contributed by atoms with Gasteiger partial charge in [0.2, 0.25) is 0 Å². The minimum Gasteiger partial charge on any atom is -0.355 e. The van der Waals surface area contributed by atoms with E-state index in [2.05, 4.69) is 49.2 Å². The molecule has 19 heavy (non-hydrogen) atoms. The molecule has 2 heteroatoms. The summed E-state index contributed by atoms with van der Waals surface area (Å²) in [5, 5.41) is 3.20. The van der Waals surface area contributed by atoms with Crippen LogP contribution in [0.4, 0.5) is 0 Å². The van der Waals surface area contributed by atoms with Gasteiger partial charge in [-0.25, -0.2) is 0 Å². The largest absolute Gasteiger partial charge is 0.355 e. The molecule has 1 heterocycles. The summed E-state index contributed by atoms with van der Waals surface area (Å²) in [4.78, 5) is 3.46. The molecular weight excluding hydrogens is 254 g/mol. The molecule has 1 atom stereocenters. The summed E-state index contributed by atoms with van der Waals surface area (Å²) in [6.07, 6.45) is 4.31. The molecular formula is C17H16ClN. The standard InChI is InChI=1S/C17H16ClN/c1-3-4-11(2)12-5-7-14-15-10-13(18)6-8-16(15)19-17(14)9-12/h3-11,19H,1-2H3/b4-3+. The Labute approximate surface area is 117 Å². The maximum Gasteiger partial charge on any atom is 0.0467 e. The van der Waals surface area contributed by atoms with Gasteiger partial charge in [-0.1, -0.05) is 42.8 Å². The summed E-state index contributed by atoms with van der Waals surface area (Å²) in [6.45, 7) is 4.26. The number of hydrogen-bond acceptors (Lipinski definition) is 0. The van der Waals surface area contributed by atoms with E-state index in [-0.39, 0.29) is 0 Å². The molecule has 3 rings (SSSR count). The smallest absolute Gasteiger partial charge is 0.0467 e. The van der Waals surface area contributed by atoms with Crippen molar-refractivity contribution in [3.05, 3.63) is 59.1 Å². The van der Waals surface area contributed by atoms with Gasteiger partial charge < -0.3 is 4.98 Å². The van der Waals surface area contributed by atoms with Crippen molar-refractivity contribution in [1.29, 1.82) is 0 Å². The van der Waals surface area contributed by atoms with Crippen LogP contribution >= 0.6 is 11.6 Å². The highest BCUT2D eigenvalue weighted by Crippen LogP contribution is 2.30. The maximum atomic E-state index is 6.08. The van der Waals surface area contributed by atoms with E-state index in [0.29, 0.717) is 5.92 Å². The van der Waals surface area contributed by atoms with Crippen molar-refractivity contribution in [3.8, 4) is 0 Å². The lowest BCUT2D eigenvalue weighted by Gasteiger charge is -2.06. The Bertz CT molecular complexity index is 767. The highest BCUT2D eigenvalue weighted by molar-refractivity contribution is 6.31. The van der Waals surface area contributed by atoms with E-state index in [1.807, 2.05) is 18.2 Å². The van der Waals surface area contributed by atoms with Crippen LogP contribution in [0.1, 0.15) is 25.3 Å². The molecule has 0 radical (unpaired) electrons. The first-order valence-corrected chi connectivity index (χ1v) is 6.90. The van der Waals surface area contributed by atoms with Crippen molar-refractivity contribution >= 4 is 33.4 Å². The third-order valence-corrected chi connectivity index (χ3v) is 3.83. The van der Waals surface area contributed by atoms with Crippen LogP contribution in [0.3, 0.4) is 0 Å². The predicted octanol–water partition coefficient (Wildman–Crippen LogP) is 5.65. The van der Waals surface area contributed by atoms with E-state index in [1.54, 1.807) is 0 Å². The number of aromatic amines is 1. The SMILES string of the molecule is C/C=C/C(C)c1ccc2c(c1)[nH]c1ccc(Cl)cc12. The van der Waals surface area contributed by atoms with Crippen molar-refractivity contribution in [3.63, 3.8) is 0 Å². The zero-order chi connectivity index (χ0) is 13.4. The Morgan fingerprint density at radius 3 is 2.68 bits per heavy atom. The van der Waals surface area contributed by atoms with Crippen molar-refractivity contribution in [2.45, 2.75) is 19.8 Å². The lowest BCUT2D eigenvalue weighted by Crippen LogP contribution is -1.88. The minimum atomic E-state index is 0.435. The Kier molecular flexibility index (Phi) is 3.08. The first kappa shape index (κ1) is 12.3. The second kappa shape index (κ2) is 4.75. The van der Waals surface area contributed by atoms with Gasteiger partial charge in [0.25, 0.3) is 0 Å². The van der Waals surface area contributed by atoms with Gasteiger partial charge in [0.1, 0.15) is 0 Å². The Morgan fingerprint density at radius 1 is 1.05 bits per heavy atom. The van der Waals surface area contributed by atoms with E-state index >= 15 is 0 Å². The monoisotopic (exact) mass is 269 g/mol. The van der Waals surface area contributed by atoms with E-state index in [4.69, 9.17) is 11.6 Å². The molecule has 0 spiro atoms. The molecule has 3 aromatic rings. The number of aromatic nitrogens is 1. The van der Waals surface area contributed by atoms with Crippen molar-refractivity contribution in [2.24, 2.45) is 0 Å². The molecule has 1 unspecified atom stereocenters. The van der Waals surface area contributed by atoms with Crippen molar-refractivity contribution in [2.75, 3.05) is 0 Å². The zero-order valence-electron chi connectivity index (χ0n) is 11.1. The number of rotatable bonds is 2. The van der Waals surface area contributed by atoms with Crippen LogP contribution in [0.2, 0.25) is 5.02 Å². The van der Waals surface area contributed by atoms with Gasteiger partial charge in [-0.3, -0.25) is 0 Å². The average Bonchev–Trinajstić information content (AvgIpc) is 2.76. The number of halogens is 1. The number of hydrogen-bond donors (Lipinski definition) is 1. The molecule has 2 aromatic carbocycles. The Balaban J connectivity index is 2.21. The van der Waals surface area contributed by atoms with Gasteiger partial charge in [0, 0.05) is 26.8 Å². The van der Waals surface area contributed by atoms with Gasteiger partial charge in [0.15, 0.2) is 0 Å². The first-order valence-electron chi connectivity index (χ1n) is 6.53. The van der Waals surface area contributed by atoms with Crippen LogP contribution in [0, 0.1) is 0 Å². The van der Waals surface area contributed by atoms with Crippen LogP contribution in [-0.4, -0.2) is 4.98 Å². The summed E-state index contributed by atoms with van der Waals surface area (Å²) in [7, 11) is 0. The minimum absolute atomic E-state index is 0.435. The number of benzene rings is 2. The summed E-state index contributed by atoms with van der Waals surface area (Å²) in [6, 6.07) is 12.6. The molecule has 1 aromatic heterocycles. The van der Waals surface area contributed by atoms with Gasteiger partial charge >= 0.3 is 0 Å². The maximum absolute atomic E-state index is 6.08. The molecule has 0 saturated carbocycles. The normalized spacial score (nSPS) is 13.6. The summed E-state index contributed by atoms with van der Waals surface area (Å²) >= 11 is 6.08. The van der Waals surface area contributed by atoms with E-state index in [1.165, 1.54) is 21.9 Å². The lowest BCUT2D eigenvalue weighted by atomic mass is 9.99. The van der Waals surface area contributed by atoms with E-state index in [0.717, 1.165) is 10.5 Å². The molecule has 0 saturated heterocycles. The molecule has 96 valence electrons. The third-order valence-electron chi connectivity index (χ3n) is 3.59. The molecule has 0 amide bonds. The molecule has 1 N–H and O–H groups in total. The predicted molar refractivity (Wildman–Crippen MR) is 84.0 cm³/mol. The Hall–Kier alpha value is -1.73. The van der Waals surface area contributed by atoms with Crippen molar-refractivity contribution < 1.29 is 0 Å². The molecule has 0 aliphatic carbocycles. The molecule has 0 fully saturated rings. The molecule has 0 aliphatic rings. The number of H-pyrrole nitrogens is 1. The van der Waals surface area contributed by atoms with E-state index in [9.17, 15) is 0 Å².